The van der Waals surface area contributed by atoms with Crippen molar-refractivity contribution in [1.29, 1.82) is 0 Å². The Labute approximate surface area is 184 Å². The second-order valence-corrected chi connectivity index (χ2v) is 7.69. The summed E-state index contributed by atoms with van der Waals surface area (Å²) in [7, 11) is 0. The van der Waals surface area contributed by atoms with Crippen LogP contribution in [0, 0.1) is 0 Å². The van der Waals surface area contributed by atoms with Crippen molar-refractivity contribution < 1.29 is 14.3 Å². The predicted octanol–water partition coefficient (Wildman–Crippen LogP) is 4.61. The van der Waals surface area contributed by atoms with Gasteiger partial charge in [-0.2, -0.15) is 0 Å². The van der Waals surface area contributed by atoms with Crippen LogP contribution in [0.15, 0.2) is 48.5 Å². The number of hydrogen-bond acceptors (Lipinski definition) is 3. The van der Waals surface area contributed by atoms with E-state index < -0.39 is 6.04 Å². The van der Waals surface area contributed by atoms with E-state index in [1.54, 1.807) is 24.0 Å². The molecule has 0 aliphatic rings. The molecule has 0 unspecified atom stereocenters. The Hall–Kier alpha value is -2.53. The van der Waals surface area contributed by atoms with Crippen LogP contribution in [-0.2, 0) is 22.6 Å². The van der Waals surface area contributed by atoms with E-state index in [-0.39, 0.29) is 18.4 Å². The molecule has 0 bridgehead atoms. The van der Waals surface area contributed by atoms with E-state index in [0.29, 0.717) is 23.9 Å². The summed E-state index contributed by atoms with van der Waals surface area (Å²) in [5.41, 5.74) is 2.10. The highest BCUT2D eigenvalue weighted by molar-refractivity contribution is 6.30. The third-order valence-electron chi connectivity index (χ3n) is 4.96. The molecule has 0 radical (unpaired) electrons. The van der Waals surface area contributed by atoms with Crippen molar-refractivity contribution in [3.8, 4) is 5.75 Å². The quantitative estimate of drug-likeness (QED) is 0.529. The first-order valence-electron chi connectivity index (χ1n) is 10.5. The molecule has 162 valence electrons. The van der Waals surface area contributed by atoms with Gasteiger partial charge in [0, 0.05) is 18.1 Å². The Kier molecular flexibility index (Phi) is 9.68. The van der Waals surface area contributed by atoms with Crippen LogP contribution in [0.5, 0.6) is 5.75 Å². The molecule has 0 heterocycles. The van der Waals surface area contributed by atoms with Gasteiger partial charge in [-0.05, 0) is 55.2 Å². The van der Waals surface area contributed by atoms with E-state index >= 15 is 0 Å². The highest BCUT2D eigenvalue weighted by atomic mass is 35.5. The summed E-state index contributed by atoms with van der Waals surface area (Å²) in [6.45, 7) is 6.66. The zero-order valence-corrected chi connectivity index (χ0v) is 18.7. The van der Waals surface area contributed by atoms with Crippen molar-refractivity contribution in [1.82, 2.24) is 10.2 Å². The first-order chi connectivity index (χ1) is 14.4. The number of nitrogens with one attached hydrogen (secondary N) is 1. The largest absolute Gasteiger partial charge is 0.484 e. The number of carbonyl (C=O) groups is 2. The molecule has 2 amide bonds. The Morgan fingerprint density at radius 2 is 1.67 bits per heavy atom. The normalized spacial score (nSPS) is 11.6. The lowest BCUT2D eigenvalue weighted by Crippen LogP contribution is -2.49. The molecule has 2 aromatic rings. The Morgan fingerprint density at radius 1 is 1.03 bits per heavy atom. The van der Waals surface area contributed by atoms with Gasteiger partial charge in [0.05, 0.1) is 0 Å². The molecule has 0 saturated carbocycles. The van der Waals surface area contributed by atoms with E-state index in [1.807, 2.05) is 36.4 Å². The third-order valence-corrected chi connectivity index (χ3v) is 5.21. The molecular weight excluding hydrogens is 400 g/mol. The number of aryl methyl sites for hydroxylation is 1. The summed E-state index contributed by atoms with van der Waals surface area (Å²) in [5.74, 6) is 0.216. The summed E-state index contributed by atoms with van der Waals surface area (Å²) in [6.07, 6.45) is 2.84. The lowest BCUT2D eigenvalue weighted by Gasteiger charge is -2.28. The van der Waals surface area contributed by atoms with Gasteiger partial charge < -0.3 is 15.0 Å². The zero-order valence-electron chi connectivity index (χ0n) is 18.0. The molecule has 1 N–H and O–H groups in total. The minimum Gasteiger partial charge on any atom is -0.484 e. The van der Waals surface area contributed by atoms with Gasteiger partial charge in [-0.25, -0.2) is 0 Å². The molecular formula is C24H31ClN2O3. The standard InChI is InChI=1S/C24H31ClN2O3/c1-4-6-15-26-24(29)18(3)27(16-20-7-11-21(25)12-8-20)23(28)17-30-22-13-9-19(5-2)10-14-22/h7-14,18H,4-6,15-17H2,1-3H3,(H,26,29)/t18-/m1/s1. The van der Waals surface area contributed by atoms with Crippen molar-refractivity contribution in [2.45, 2.75) is 52.6 Å². The molecule has 0 aliphatic heterocycles. The van der Waals surface area contributed by atoms with Crippen LogP contribution in [0.4, 0.5) is 0 Å². The number of unbranched alkanes of at least 4 members (excludes halogenated alkanes) is 1. The summed E-state index contributed by atoms with van der Waals surface area (Å²) >= 11 is 5.97. The average molecular weight is 431 g/mol. The number of rotatable bonds is 11. The highest BCUT2D eigenvalue weighted by Crippen LogP contribution is 2.16. The first kappa shape index (κ1) is 23.7. The first-order valence-corrected chi connectivity index (χ1v) is 10.9. The molecule has 5 nitrogen and oxygen atoms in total. The van der Waals surface area contributed by atoms with Gasteiger partial charge in [0.2, 0.25) is 5.91 Å². The number of carbonyl (C=O) groups excluding carboxylic acids is 2. The van der Waals surface area contributed by atoms with Gasteiger partial charge >= 0.3 is 0 Å². The lowest BCUT2D eigenvalue weighted by molar-refractivity contribution is -0.142. The van der Waals surface area contributed by atoms with Crippen LogP contribution in [0.3, 0.4) is 0 Å². The molecule has 0 spiro atoms. The fourth-order valence-corrected chi connectivity index (χ4v) is 3.08. The molecule has 1 atom stereocenters. The molecule has 0 aromatic heterocycles. The fraction of sp³-hybridized carbons (Fsp3) is 0.417. The number of benzene rings is 2. The fourth-order valence-electron chi connectivity index (χ4n) is 2.95. The summed E-state index contributed by atoms with van der Waals surface area (Å²) < 4.78 is 5.69. The van der Waals surface area contributed by atoms with Crippen LogP contribution >= 0.6 is 11.6 Å². The van der Waals surface area contributed by atoms with Crippen LogP contribution in [0.25, 0.3) is 0 Å². The molecule has 0 saturated heterocycles. The maximum atomic E-state index is 13.0. The minimum atomic E-state index is -0.615. The Balaban J connectivity index is 2.08. The predicted molar refractivity (Wildman–Crippen MR) is 121 cm³/mol. The van der Waals surface area contributed by atoms with E-state index in [0.717, 1.165) is 24.8 Å². The summed E-state index contributed by atoms with van der Waals surface area (Å²) in [4.78, 5) is 27.1. The van der Waals surface area contributed by atoms with Gasteiger partial charge in [-0.3, -0.25) is 9.59 Å². The summed E-state index contributed by atoms with van der Waals surface area (Å²) in [6, 6.07) is 14.3. The molecule has 2 aromatic carbocycles. The number of nitrogens with zero attached hydrogens (tertiary/aromatic N) is 1. The van der Waals surface area contributed by atoms with E-state index in [1.165, 1.54) is 5.56 Å². The van der Waals surface area contributed by atoms with Crippen LogP contribution < -0.4 is 10.1 Å². The monoisotopic (exact) mass is 430 g/mol. The number of hydrogen-bond donors (Lipinski definition) is 1. The maximum absolute atomic E-state index is 13.0. The Bertz CT molecular complexity index is 806. The second kappa shape index (κ2) is 12.2. The van der Waals surface area contributed by atoms with Crippen molar-refractivity contribution in [3.63, 3.8) is 0 Å². The van der Waals surface area contributed by atoms with E-state index in [2.05, 4.69) is 19.2 Å². The molecule has 30 heavy (non-hydrogen) atoms. The van der Waals surface area contributed by atoms with Gasteiger partial charge in [-0.1, -0.05) is 56.1 Å². The number of ether oxygens (including phenoxy) is 1. The lowest BCUT2D eigenvalue weighted by atomic mass is 10.1. The van der Waals surface area contributed by atoms with Crippen LogP contribution in [0.2, 0.25) is 5.02 Å². The highest BCUT2D eigenvalue weighted by Gasteiger charge is 2.26. The average Bonchev–Trinajstić information content (AvgIpc) is 2.77. The molecule has 0 aliphatic carbocycles. The second-order valence-electron chi connectivity index (χ2n) is 7.25. The van der Waals surface area contributed by atoms with Crippen molar-refractivity contribution in [2.75, 3.05) is 13.2 Å². The smallest absolute Gasteiger partial charge is 0.261 e. The van der Waals surface area contributed by atoms with Crippen molar-refractivity contribution in [3.05, 3.63) is 64.7 Å². The topological polar surface area (TPSA) is 58.6 Å². The van der Waals surface area contributed by atoms with Crippen molar-refractivity contribution >= 4 is 23.4 Å². The van der Waals surface area contributed by atoms with E-state index in [4.69, 9.17) is 16.3 Å². The summed E-state index contributed by atoms with van der Waals surface area (Å²) in [5, 5.41) is 3.53. The van der Waals surface area contributed by atoms with E-state index in [9.17, 15) is 9.59 Å². The zero-order chi connectivity index (χ0) is 21.9. The van der Waals surface area contributed by atoms with Crippen LogP contribution in [0.1, 0.15) is 44.7 Å². The maximum Gasteiger partial charge on any atom is 0.261 e. The molecule has 2 rings (SSSR count). The van der Waals surface area contributed by atoms with Gasteiger partial charge in [0.25, 0.3) is 5.91 Å². The molecule has 0 fully saturated rings. The van der Waals surface area contributed by atoms with Gasteiger partial charge in [0.1, 0.15) is 11.8 Å². The SMILES string of the molecule is CCCCNC(=O)[C@@H](C)N(Cc1ccc(Cl)cc1)C(=O)COc1ccc(CC)cc1. The van der Waals surface area contributed by atoms with Crippen LogP contribution in [-0.4, -0.2) is 35.9 Å². The van der Waals surface area contributed by atoms with Gasteiger partial charge in [-0.15, -0.1) is 0 Å². The minimum absolute atomic E-state index is 0.133. The Morgan fingerprint density at radius 3 is 2.27 bits per heavy atom. The third kappa shape index (κ3) is 7.38. The number of halogens is 1. The molecule has 6 heteroatoms. The number of amides is 2. The van der Waals surface area contributed by atoms with Gasteiger partial charge in [0.15, 0.2) is 6.61 Å². The van der Waals surface area contributed by atoms with Crippen molar-refractivity contribution in [2.24, 2.45) is 0 Å².